The highest BCUT2D eigenvalue weighted by Gasteiger charge is 2.30. The van der Waals surface area contributed by atoms with Crippen LogP contribution >= 0.6 is 0 Å². The van der Waals surface area contributed by atoms with E-state index < -0.39 is 0 Å². The third-order valence-electron chi connectivity index (χ3n) is 3.81. The first-order valence-electron chi connectivity index (χ1n) is 7.80. The molecular formula is C17H21N3O3. The van der Waals surface area contributed by atoms with E-state index >= 15 is 0 Å². The number of ether oxygens (including phenoxy) is 2. The third-order valence-corrected chi connectivity index (χ3v) is 3.81. The molecule has 1 aromatic heterocycles. The Morgan fingerprint density at radius 2 is 2.26 bits per heavy atom. The van der Waals surface area contributed by atoms with Gasteiger partial charge in [-0.3, -0.25) is 4.79 Å². The molecule has 1 fully saturated rings. The van der Waals surface area contributed by atoms with Gasteiger partial charge < -0.3 is 19.4 Å². The molecule has 0 radical (unpaired) electrons. The first-order chi connectivity index (χ1) is 11.2. The summed E-state index contributed by atoms with van der Waals surface area (Å²) in [4.78, 5) is 21.9. The Kier molecular flexibility index (Phi) is 4.92. The van der Waals surface area contributed by atoms with Crippen LogP contribution in [0.5, 0.6) is 5.75 Å². The predicted octanol–water partition coefficient (Wildman–Crippen LogP) is 2.09. The van der Waals surface area contributed by atoms with E-state index in [9.17, 15) is 4.79 Å². The van der Waals surface area contributed by atoms with Crippen LogP contribution in [0.2, 0.25) is 0 Å². The number of carbonyl (C=O) groups excluding carboxylic acids is 1. The minimum absolute atomic E-state index is 0.0586. The van der Waals surface area contributed by atoms with Gasteiger partial charge in [0.2, 0.25) is 5.91 Å². The fraction of sp³-hybridized carbons (Fsp3) is 0.412. The van der Waals surface area contributed by atoms with Gasteiger partial charge in [0.25, 0.3) is 0 Å². The van der Waals surface area contributed by atoms with Crippen LogP contribution in [0.4, 0.5) is 0 Å². The number of amides is 1. The van der Waals surface area contributed by atoms with Crippen molar-refractivity contribution in [3.05, 3.63) is 48.0 Å². The highest BCUT2D eigenvalue weighted by Crippen LogP contribution is 2.22. The molecule has 1 N–H and O–H groups in total. The normalized spacial score (nSPS) is 18.0. The van der Waals surface area contributed by atoms with Crippen molar-refractivity contribution in [2.24, 2.45) is 0 Å². The van der Waals surface area contributed by atoms with E-state index in [1.54, 1.807) is 6.20 Å². The summed E-state index contributed by atoms with van der Waals surface area (Å²) in [6.45, 7) is 3.92. The van der Waals surface area contributed by atoms with Crippen molar-refractivity contribution in [2.75, 3.05) is 26.4 Å². The van der Waals surface area contributed by atoms with E-state index in [-0.39, 0.29) is 11.9 Å². The number of hydrogen-bond donors (Lipinski definition) is 1. The Morgan fingerprint density at radius 1 is 1.43 bits per heavy atom. The largest absolute Gasteiger partial charge is 0.493 e. The molecule has 0 unspecified atom stereocenters. The molecular weight excluding hydrogens is 294 g/mol. The standard InChI is InChI=1S/C17H21N3O3/c1-13-11-18-17(19-13)15-12-22-10-8-20(15)16(21)7-9-23-14-5-3-2-4-6-14/h2-6,11,15H,7-10,12H2,1H3,(H,18,19)/t15-/m1/s1. The second-order valence-electron chi connectivity index (χ2n) is 5.54. The lowest BCUT2D eigenvalue weighted by atomic mass is 10.2. The highest BCUT2D eigenvalue weighted by molar-refractivity contribution is 5.76. The van der Waals surface area contributed by atoms with Crippen LogP contribution in [0, 0.1) is 6.92 Å². The van der Waals surface area contributed by atoms with E-state index in [1.165, 1.54) is 0 Å². The Hall–Kier alpha value is -2.34. The van der Waals surface area contributed by atoms with Crippen molar-refractivity contribution in [2.45, 2.75) is 19.4 Å². The number of imidazole rings is 1. The number of rotatable bonds is 5. The molecule has 0 spiro atoms. The van der Waals surface area contributed by atoms with Gasteiger partial charge >= 0.3 is 0 Å². The summed E-state index contributed by atoms with van der Waals surface area (Å²) in [6.07, 6.45) is 2.11. The van der Waals surface area contributed by atoms with Crippen molar-refractivity contribution in [1.29, 1.82) is 0 Å². The summed E-state index contributed by atoms with van der Waals surface area (Å²) in [5.41, 5.74) is 0.977. The number of hydrogen-bond acceptors (Lipinski definition) is 4. The molecule has 0 saturated carbocycles. The molecule has 6 heteroatoms. The number of para-hydroxylation sites is 1. The maximum atomic E-state index is 12.5. The molecule has 0 bridgehead atoms. The first-order valence-corrected chi connectivity index (χ1v) is 7.80. The van der Waals surface area contributed by atoms with Crippen LogP contribution in [0.3, 0.4) is 0 Å². The molecule has 1 aliphatic heterocycles. The number of carbonyl (C=O) groups is 1. The molecule has 0 aliphatic carbocycles. The summed E-state index contributed by atoms with van der Waals surface area (Å²) >= 11 is 0. The lowest BCUT2D eigenvalue weighted by Crippen LogP contribution is -2.44. The number of H-pyrrole nitrogens is 1. The summed E-state index contributed by atoms with van der Waals surface area (Å²) in [5, 5.41) is 0. The van der Waals surface area contributed by atoms with Gasteiger partial charge in [0.05, 0.1) is 26.2 Å². The molecule has 2 heterocycles. The minimum atomic E-state index is -0.151. The van der Waals surface area contributed by atoms with Crippen molar-refractivity contribution in [1.82, 2.24) is 14.9 Å². The zero-order valence-corrected chi connectivity index (χ0v) is 13.2. The Bertz CT molecular complexity index is 642. The zero-order valence-electron chi connectivity index (χ0n) is 13.2. The number of morpholine rings is 1. The topological polar surface area (TPSA) is 67.4 Å². The van der Waals surface area contributed by atoms with Crippen LogP contribution in [0.25, 0.3) is 0 Å². The van der Waals surface area contributed by atoms with Gasteiger partial charge in [-0.1, -0.05) is 18.2 Å². The van der Waals surface area contributed by atoms with E-state index in [0.29, 0.717) is 32.8 Å². The number of benzene rings is 1. The van der Waals surface area contributed by atoms with Crippen molar-refractivity contribution < 1.29 is 14.3 Å². The van der Waals surface area contributed by atoms with Crippen LogP contribution in [-0.2, 0) is 9.53 Å². The van der Waals surface area contributed by atoms with Crippen LogP contribution in [-0.4, -0.2) is 47.1 Å². The lowest BCUT2D eigenvalue weighted by molar-refractivity contribution is -0.141. The summed E-state index contributed by atoms with van der Waals surface area (Å²) in [7, 11) is 0. The maximum Gasteiger partial charge on any atom is 0.226 e. The Labute approximate surface area is 135 Å². The lowest BCUT2D eigenvalue weighted by Gasteiger charge is -2.34. The van der Waals surface area contributed by atoms with Gasteiger partial charge in [-0.25, -0.2) is 4.98 Å². The second-order valence-corrected chi connectivity index (χ2v) is 5.54. The second kappa shape index (κ2) is 7.28. The Balaban J connectivity index is 1.58. The van der Waals surface area contributed by atoms with E-state index in [2.05, 4.69) is 9.97 Å². The molecule has 122 valence electrons. The van der Waals surface area contributed by atoms with Gasteiger partial charge in [-0.2, -0.15) is 0 Å². The van der Waals surface area contributed by atoms with Gasteiger partial charge in [0.1, 0.15) is 17.6 Å². The number of aromatic nitrogens is 2. The SMILES string of the molecule is Cc1cnc([C@H]2COCCN2C(=O)CCOc2ccccc2)[nH]1. The molecule has 1 saturated heterocycles. The molecule has 1 amide bonds. The molecule has 2 aromatic rings. The van der Waals surface area contributed by atoms with E-state index in [1.807, 2.05) is 42.2 Å². The van der Waals surface area contributed by atoms with Gasteiger partial charge in [0.15, 0.2) is 0 Å². The summed E-state index contributed by atoms with van der Waals surface area (Å²) < 4.78 is 11.1. The predicted molar refractivity (Wildman–Crippen MR) is 85.2 cm³/mol. The van der Waals surface area contributed by atoms with Crippen LogP contribution in [0.1, 0.15) is 24.0 Å². The van der Waals surface area contributed by atoms with E-state index in [4.69, 9.17) is 9.47 Å². The van der Waals surface area contributed by atoms with Crippen LogP contribution < -0.4 is 4.74 Å². The fourth-order valence-corrected chi connectivity index (χ4v) is 2.65. The smallest absolute Gasteiger partial charge is 0.226 e. The van der Waals surface area contributed by atoms with Gasteiger partial charge in [0, 0.05) is 18.4 Å². The average Bonchev–Trinajstić information content (AvgIpc) is 3.02. The molecule has 6 nitrogen and oxygen atoms in total. The fourth-order valence-electron chi connectivity index (χ4n) is 2.65. The average molecular weight is 315 g/mol. The third kappa shape index (κ3) is 3.90. The molecule has 1 atom stereocenters. The van der Waals surface area contributed by atoms with Gasteiger partial charge in [-0.15, -0.1) is 0 Å². The monoisotopic (exact) mass is 315 g/mol. The quantitative estimate of drug-likeness (QED) is 0.917. The number of nitrogens with zero attached hydrogens (tertiary/aromatic N) is 2. The molecule has 23 heavy (non-hydrogen) atoms. The van der Waals surface area contributed by atoms with Crippen molar-refractivity contribution in [3.63, 3.8) is 0 Å². The highest BCUT2D eigenvalue weighted by atomic mass is 16.5. The van der Waals surface area contributed by atoms with Crippen molar-refractivity contribution in [3.8, 4) is 5.75 Å². The van der Waals surface area contributed by atoms with Gasteiger partial charge in [-0.05, 0) is 19.1 Å². The maximum absolute atomic E-state index is 12.5. The molecule has 1 aromatic carbocycles. The Morgan fingerprint density at radius 3 is 3.00 bits per heavy atom. The number of aryl methyl sites for hydroxylation is 1. The zero-order chi connectivity index (χ0) is 16.1. The summed E-state index contributed by atoms with van der Waals surface area (Å²) in [6, 6.07) is 9.37. The number of aromatic amines is 1. The minimum Gasteiger partial charge on any atom is -0.493 e. The molecule has 3 rings (SSSR count). The molecule has 1 aliphatic rings. The van der Waals surface area contributed by atoms with Crippen molar-refractivity contribution >= 4 is 5.91 Å². The van der Waals surface area contributed by atoms with E-state index in [0.717, 1.165) is 17.3 Å². The van der Waals surface area contributed by atoms with Crippen LogP contribution in [0.15, 0.2) is 36.5 Å². The first kappa shape index (κ1) is 15.6. The number of nitrogens with one attached hydrogen (secondary N) is 1. The summed E-state index contributed by atoms with van der Waals surface area (Å²) in [5.74, 6) is 1.61.